The Labute approximate surface area is 58.1 Å². The molecule has 0 atom stereocenters. The molecule has 0 amide bonds. The summed E-state index contributed by atoms with van der Waals surface area (Å²) in [7, 11) is 0. The van der Waals surface area contributed by atoms with Gasteiger partial charge in [0.05, 0.1) is 12.4 Å². The maximum absolute atomic E-state index is 11.0. The molecule has 0 radical (unpaired) electrons. The van der Waals surface area contributed by atoms with Crippen molar-refractivity contribution in [3.63, 3.8) is 0 Å². The number of carbonyl (C=O) groups excluding carboxylic acids is 1. The Morgan fingerprint density at radius 3 is 2.80 bits per heavy atom. The van der Waals surface area contributed by atoms with Gasteiger partial charge in [0.2, 0.25) is 0 Å². The van der Waals surface area contributed by atoms with E-state index in [-0.39, 0.29) is 5.78 Å². The van der Waals surface area contributed by atoms with Crippen molar-refractivity contribution in [2.24, 2.45) is 0 Å². The summed E-state index contributed by atoms with van der Waals surface area (Å²) < 4.78 is 0. The van der Waals surface area contributed by atoms with Gasteiger partial charge in [0.25, 0.3) is 0 Å². The summed E-state index contributed by atoms with van der Waals surface area (Å²) in [6.07, 6.45) is 4.68. The van der Waals surface area contributed by atoms with Gasteiger partial charge >= 0.3 is 0 Å². The summed E-state index contributed by atoms with van der Waals surface area (Å²) in [5.74, 6) is 0.199. The second-order valence-corrected chi connectivity index (χ2v) is 2.35. The highest BCUT2D eigenvalue weighted by molar-refractivity contribution is 5.99. The minimum absolute atomic E-state index is 0.199. The summed E-state index contributed by atoms with van der Waals surface area (Å²) in [4.78, 5) is 11.0. The summed E-state index contributed by atoms with van der Waals surface area (Å²) in [6, 6.07) is 0. The first-order valence-electron chi connectivity index (χ1n) is 3.20. The number of ketones is 1. The van der Waals surface area contributed by atoms with Gasteiger partial charge in [0.15, 0.2) is 5.78 Å². The van der Waals surface area contributed by atoms with Crippen LogP contribution < -0.4 is 0 Å². The van der Waals surface area contributed by atoms with Crippen molar-refractivity contribution in [3.8, 4) is 0 Å². The first-order chi connectivity index (χ1) is 4.88. The van der Waals surface area contributed by atoms with E-state index in [0.717, 1.165) is 17.5 Å². The topological polar surface area (TPSA) is 42.9 Å². The number of nitrogens with zero attached hydrogens (tertiary/aromatic N) is 2. The highest BCUT2D eigenvalue weighted by atomic mass is 16.1. The smallest absolute Gasteiger partial charge is 0.165 e. The molecule has 0 saturated carbocycles. The largest absolute Gasteiger partial charge is 0.294 e. The Morgan fingerprint density at radius 1 is 1.20 bits per heavy atom. The second kappa shape index (κ2) is 1.87. The van der Waals surface area contributed by atoms with Gasteiger partial charge in [-0.15, -0.1) is 0 Å². The number of fused-ring (bicyclic) bond motifs is 1. The molecule has 0 aromatic carbocycles. The predicted octanol–water partition coefficient (Wildman–Crippen LogP) is 0.605. The second-order valence-electron chi connectivity index (χ2n) is 2.35. The predicted molar refractivity (Wildman–Crippen MR) is 34.7 cm³/mol. The van der Waals surface area contributed by atoms with E-state index in [1.807, 2.05) is 0 Å². The third-order valence-electron chi connectivity index (χ3n) is 1.73. The molecule has 0 unspecified atom stereocenters. The molecule has 0 fully saturated rings. The molecule has 10 heavy (non-hydrogen) atoms. The number of hydrogen-bond acceptors (Lipinski definition) is 3. The van der Waals surface area contributed by atoms with Crippen molar-refractivity contribution in [2.75, 3.05) is 0 Å². The minimum atomic E-state index is 0.199. The minimum Gasteiger partial charge on any atom is -0.294 e. The lowest BCUT2D eigenvalue weighted by molar-refractivity contribution is 0.0994. The lowest BCUT2D eigenvalue weighted by atomic mass is 10.2. The van der Waals surface area contributed by atoms with Gasteiger partial charge in [0.1, 0.15) is 0 Å². The third-order valence-corrected chi connectivity index (χ3v) is 1.73. The van der Waals surface area contributed by atoms with Crippen LogP contribution in [0.15, 0.2) is 12.4 Å². The Kier molecular flexibility index (Phi) is 1.03. The summed E-state index contributed by atoms with van der Waals surface area (Å²) in [5.41, 5.74) is 1.80. The molecule has 3 heteroatoms. The molecular weight excluding hydrogens is 128 g/mol. The van der Waals surface area contributed by atoms with Crippen LogP contribution >= 0.6 is 0 Å². The van der Waals surface area contributed by atoms with E-state index in [2.05, 4.69) is 10.2 Å². The van der Waals surface area contributed by atoms with Crippen LogP contribution in [0.2, 0.25) is 0 Å². The van der Waals surface area contributed by atoms with Crippen LogP contribution in [0.3, 0.4) is 0 Å². The normalized spacial score (nSPS) is 15.4. The molecule has 0 N–H and O–H groups in total. The summed E-state index contributed by atoms with van der Waals surface area (Å²) in [6.45, 7) is 0. The fourth-order valence-electron chi connectivity index (χ4n) is 1.18. The van der Waals surface area contributed by atoms with E-state index < -0.39 is 0 Å². The molecule has 0 spiro atoms. The molecule has 1 aliphatic rings. The van der Waals surface area contributed by atoms with E-state index >= 15 is 0 Å². The molecule has 3 nitrogen and oxygen atoms in total. The van der Waals surface area contributed by atoms with Gasteiger partial charge in [-0.1, -0.05) is 0 Å². The maximum Gasteiger partial charge on any atom is 0.165 e. The lowest BCUT2D eigenvalue weighted by Crippen LogP contribution is -1.92. The van der Waals surface area contributed by atoms with Crippen LogP contribution in [0.25, 0.3) is 0 Å². The molecule has 0 aliphatic heterocycles. The Bertz CT molecular complexity index is 283. The van der Waals surface area contributed by atoms with E-state index in [1.54, 1.807) is 12.4 Å². The number of Topliss-reactive ketones (excluding diaryl/α,β-unsaturated/α-hetero) is 1. The molecule has 2 rings (SSSR count). The molecule has 1 heterocycles. The third kappa shape index (κ3) is 0.635. The molecule has 1 aromatic rings. The average Bonchev–Trinajstić information content (AvgIpc) is 2.34. The van der Waals surface area contributed by atoms with Gasteiger partial charge in [-0.2, -0.15) is 10.2 Å². The zero-order chi connectivity index (χ0) is 6.97. The van der Waals surface area contributed by atoms with Gasteiger partial charge < -0.3 is 0 Å². The highest BCUT2D eigenvalue weighted by Gasteiger charge is 2.18. The van der Waals surface area contributed by atoms with Gasteiger partial charge in [-0.3, -0.25) is 4.79 Å². The van der Waals surface area contributed by atoms with E-state index in [1.165, 1.54) is 0 Å². The van der Waals surface area contributed by atoms with Crippen LogP contribution in [0.1, 0.15) is 22.3 Å². The molecule has 50 valence electrons. The summed E-state index contributed by atoms with van der Waals surface area (Å²) >= 11 is 0. The quantitative estimate of drug-likeness (QED) is 0.522. The fourth-order valence-corrected chi connectivity index (χ4v) is 1.18. The van der Waals surface area contributed by atoms with Crippen LogP contribution in [0.5, 0.6) is 0 Å². The van der Waals surface area contributed by atoms with Gasteiger partial charge in [0, 0.05) is 12.0 Å². The van der Waals surface area contributed by atoms with Crippen molar-refractivity contribution in [2.45, 2.75) is 12.8 Å². The molecule has 1 aliphatic carbocycles. The molecule has 0 bridgehead atoms. The zero-order valence-corrected chi connectivity index (χ0v) is 5.37. The highest BCUT2D eigenvalue weighted by Crippen LogP contribution is 2.18. The molecule has 0 saturated heterocycles. The van der Waals surface area contributed by atoms with Crippen LogP contribution in [-0.4, -0.2) is 16.0 Å². The van der Waals surface area contributed by atoms with Crippen LogP contribution in [0, 0.1) is 0 Å². The van der Waals surface area contributed by atoms with Gasteiger partial charge in [-0.25, -0.2) is 0 Å². The Balaban J connectivity index is 2.61. The number of aryl methyl sites for hydroxylation is 1. The zero-order valence-electron chi connectivity index (χ0n) is 5.37. The van der Waals surface area contributed by atoms with Crippen LogP contribution in [-0.2, 0) is 6.42 Å². The Morgan fingerprint density at radius 2 is 2.00 bits per heavy atom. The van der Waals surface area contributed by atoms with E-state index in [4.69, 9.17) is 0 Å². The fraction of sp³-hybridized carbons (Fsp3) is 0.286. The Hall–Kier alpha value is -1.25. The average molecular weight is 134 g/mol. The van der Waals surface area contributed by atoms with Crippen molar-refractivity contribution < 1.29 is 4.79 Å². The summed E-state index contributed by atoms with van der Waals surface area (Å²) in [5, 5.41) is 7.32. The number of rotatable bonds is 0. The number of hydrogen-bond donors (Lipinski definition) is 0. The van der Waals surface area contributed by atoms with Gasteiger partial charge in [-0.05, 0) is 12.0 Å². The monoisotopic (exact) mass is 134 g/mol. The standard InChI is InChI=1S/C7H6N2O/c10-7-2-1-5-3-8-9-4-6(5)7/h3-4H,1-2H2. The van der Waals surface area contributed by atoms with Crippen molar-refractivity contribution in [3.05, 3.63) is 23.5 Å². The van der Waals surface area contributed by atoms with E-state index in [0.29, 0.717) is 6.42 Å². The maximum atomic E-state index is 11.0. The van der Waals surface area contributed by atoms with Crippen molar-refractivity contribution in [1.29, 1.82) is 0 Å². The lowest BCUT2D eigenvalue weighted by Gasteiger charge is -1.90. The first-order valence-corrected chi connectivity index (χ1v) is 3.20. The van der Waals surface area contributed by atoms with Crippen molar-refractivity contribution in [1.82, 2.24) is 10.2 Å². The molecular formula is C7H6N2O. The number of aromatic nitrogens is 2. The van der Waals surface area contributed by atoms with Crippen molar-refractivity contribution >= 4 is 5.78 Å². The van der Waals surface area contributed by atoms with Crippen LogP contribution in [0.4, 0.5) is 0 Å². The number of carbonyl (C=O) groups is 1. The first kappa shape index (κ1) is 5.53. The molecule has 1 aromatic heterocycles. The van der Waals surface area contributed by atoms with E-state index in [9.17, 15) is 4.79 Å². The SMILES string of the molecule is O=C1CCc2cnncc21.